The van der Waals surface area contributed by atoms with Crippen molar-refractivity contribution >= 4 is 0 Å². The molecule has 0 saturated heterocycles. The minimum Gasteiger partial charge on any atom is -0.393 e. The Hall–Kier alpha value is -0.0800. The monoisotopic (exact) mass is 200 g/mol. The van der Waals surface area contributed by atoms with Crippen LogP contribution in [-0.4, -0.2) is 23.9 Å². The van der Waals surface area contributed by atoms with E-state index >= 15 is 0 Å². The van der Waals surface area contributed by atoms with Crippen LogP contribution in [0.15, 0.2) is 0 Å². The molecule has 0 aromatic heterocycles. The van der Waals surface area contributed by atoms with E-state index in [4.69, 9.17) is 4.74 Å². The Labute approximate surface area is 87.7 Å². The predicted octanol–water partition coefficient (Wildman–Crippen LogP) is 2.60. The molecule has 1 unspecified atom stereocenters. The first-order chi connectivity index (χ1) is 6.43. The van der Waals surface area contributed by atoms with Gasteiger partial charge in [0.2, 0.25) is 0 Å². The summed E-state index contributed by atoms with van der Waals surface area (Å²) in [6.45, 7) is 9.14. The minimum atomic E-state index is -0.171. The lowest BCUT2D eigenvalue weighted by molar-refractivity contribution is -0.0505. The molecule has 2 heteroatoms. The van der Waals surface area contributed by atoms with Crippen LogP contribution in [0.5, 0.6) is 0 Å². The molecule has 0 radical (unpaired) electrons. The number of ether oxygens (including phenoxy) is 1. The number of hydrogen-bond acceptors (Lipinski definition) is 2. The molecule has 1 saturated carbocycles. The highest BCUT2D eigenvalue weighted by Gasteiger charge is 2.33. The van der Waals surface area contributed by atoms with E-state index in [1.165, 1.54) is 0 Å². The smallest absolute Gasteiger partial charge is 0.0591 e. The molecule has 1 fully saturated rings. The molecule has 0 amide bonds. The van der Waals surface area contributed by atoms with Gasteiger partial charge in [-0.25, -0.2) is 0 Å². The largest absolute Gasteiger partial charge is 0.393 e. The van der Waals surface area contributed by atoms with Crippen LogP contribution in [-0.2, 0) is 4.74 Å². The number of hydrogen-bond donors (Lipinski definition) is 1. The van der Waals surface area contributed by atoms with Gasteiger partial charge in [-0.15, -0.1) is 0 Å². The van der Waals surface area contributed by atoms with Gasteiger partial charge < -0.3 is 9.84 Å². The van der Waals surface area contributed by atoms with Crippen LogP contribution < -0.4 is 0 Å². The van der Waals surface area contributed by atoms with Gasteiger partial charge in [0.1, 0.15) is 0 Å². The van der Waals surface area contributed by atoms with Gasteiger partial charge in [-0.2, -0.15) is 0 Å². The van der Waals surface area contributed by atoms with Crippen LogP contribution in [0.4, 0.5) is 0 Å². The Kier molecular flexibility index (Phi) is 3.96. The second kappa shape index (κ2) is 4.63. The van der Waals surface area contributed by atoms with E-state index in [1.54, 1.807) is 0 Å². The Balaban J connectivity index is 2.16. The highest BCUT2D eigenvalue weighted by atomic mass is 16.5. The normalized spacial score (nSPS) is 29.8. The van der Waals surface area contributed by atoms with E-state index in [9.17, 15) is 5.11 Å². The molecule has 1 rings (SSSR count). The topological polar surface area (TPSA) is 29.5 Å². The van der Waals surface area contributed by atoms with Crippen molar-refractivity contribution in [3.8, 4) is 0 Å². The summed E-state index contributed by atoms with van der Waals surface area (Å²) >= 11 is 0. The van der Waals surface area contributed by atoms with E-state index in [0.29, 0.717) is 12.0 Å². The van der Waals surface area contributed by atoms with Crippen molar-refractivity contribution in [3.63, 3.8) is 0 Å². The quantitative estimate of drug-likeness (QED) is 0.756. The third kappa shape index (κ3) is 3.25. The third-order valence-corrected chi connectivity index (χ3v) is 3.15. The van der Waals surface area contributed by atoms with Crippen LogP contribution in [0.3, 0.4) is 0 Å². The summed E-state index contributed by atoms with van der Waals surface area (Å²) in [6, 6.07) is 0. The first-order valence-corrected chi connectivity index (χ1v) is 5.73. The summed E-state index contributed by atoms with van der Waals surface area (Å²) in [5.41, 5.74) is 0.0245. The fraction of sp³-hybridized carbons (Fsp3) is 1.00. The molecule has 0 aromatic rings. The van der Waals surface area contributed by atoms with Crippen molar-refractivity contribution in [2.45, 2.75) is 59.2 Å². The molecule has 0 aliphatic heterocycles. The average molecular weight is 200 g/mol. The molecule has 0 heterocycles. The van der Waals surface area contributed by atoms with Crippen molar-refractivity contribution in [1.82, 2.24) is 0 Å². The summed E-state index contributed by atoms with van der Waals surface area (Å²) in [5, 5.41) is 9.90. The molecule has 2 nitrogen and oxygen atoms in total. The van der Waals surface area contributed by atoms with E-state index in [2.05, 4.69) is 20.8 Å². The zero-order valence-corrected chi connectivity index (χ0v) is 9.92. The number of aliphatic hydroxyl groups excluding tert-OH is 1. The van der Waals surface area contributed by atoms with Crippen LogP contribution in [0.2, 0.25) is 0 Å². The first-order valence-electron chi connectivity index (χ1n) is 5.73. The lowest BCUT2D eigenvalue weighted by Gasteiger charge is -2.38. The summed E-state index contributed by atoms with van der Waals surface area (Å²) in [6.07, 6.45) is 3.52. The van der Waals surface area contributed by atoms with Crippen LogP contribution in [0.1, 0.15) is 47.0 Å². The summed E-state index contributed by atoms with van der Waals surface area (Å²) in [7, 11) is 0. The van der Waals surface area contributed by atoms with Gasteiger partial charge in [0.05, 0.1) is 12.2 Å². The first kappa shape index (κ1) is 12.0. The van der Waals surface area contributed by atoms with Crippen LogP contribution >= 0.6 is 0 Å². The van der Waals surface area contributed by atoms with Gasteiger partial charge in [0.15, 0.2) is 0 Å². The fourth-order valence-electron chi connectivity index (χ4n) is 1.91. The zero-order valence-electron chi connectivity index (χ0n) is 9.92. The van der Waals surface area contributed by atoms with Gasteiger partial charge in [-0.3, -0.25) is 0 Å². The molecular weight excluding hydrogens is 176 g/mol. The molecule has 0 aromatic carbocycles. The standard InChI is InChI=1S/C12H24O2/c1-5-14-10-6-9(7-10)8-11(13)12(2,3)4/h9-11,13H,5-8H2,1-4H3. The predicted molar refractivity (Wildman–Crippen MR) is 58.2 cm³/mol. The van der Waals surface area contributed by atoms with E-state index in [0.717, 1.165) is 25.9 Å². The number of aliphatic hydroxyl groups is 1. The molecule has 0 bridgehead atoms. The Morgan fingerprint density at radius 1 is 1.36 bits per heavy atom. The van der Waals surface area contributed by atoms with E-state index < -0.39 is 0 Å². The van der Waals surface area contributed by atoms with E-state index in [1.807, 2.05) is 6.92 Å². The minimum absolute atomic E-state index is 0.0245. The van der Waals surface area contributed by atoms with Gasteiger partial charge in [-0.05, 0) is 37.5 Å². The van der Waals surface area contributed by atoms with Crippen molar-refractivity contribution in [2.75, 3.05) is 6.61 Å². The molecule has 84 valence electrons. The van der Waals surface area contributed by atoms with Crippen molar-refractivity contribution < 1.29 is 9.84 Å². The van der Waals surface area contributed by atoms with Gasteiger partial charge >= 0.3 is 0 Å². The highest BCUT2D eigenvalue weighted by Crippen LogP contribution is 2.36. The molecule has 1 N–H and O–H groups in total. The summed E-state index contributed by atoms with van der Waals surface area (Å²) in [5.74, 6) is 0.681. The van der Waals surface area contributed by atoms with Gasteiger partial charge in [0.25, 0.3) is 0 Å². The molecule has 1 aliphatic carbocycles. The van der Waals surface area contributed by atoms with Gasteiger partial charge in [0, 0.05) is 6.61 Å². The lowest BCUT2D eigenvalue weighted by atomic mass is 9.74. The number of rotatable bonds is 4. The molecular formula is C12H24O2. The van der Waals surface area contributed by atoms with Crippen LogP contribution in [0, 0.1) is 11.3 Å². The molecule has 0 spiro atoms. The maximum atomic E-state index is 9.90. The highest BCUT2D eigenvalue weighted by molar-refractivity contribution is 4.85. The Morgan fingerprint density at radius 2 is 1.93 bits per heavy atom. The summed E-state index contributed by atoms with van der Waals surface area (Å²) < 4.78 is 5.49. The third-order valence-electron chi connectivity index (χ3n) is 3.15. The SMILES string of the molecule is CCOC1CC(CC(O)C(C)(C)C)C1. The Morgan fingerprint density at radius 3 is 2.36 bits per heavy atom. The van der Waals surface area contributed by atoms with Crippen molar-refractivity contribution in [1.29, 1.82) is 0 Å². The zero-order chi connectivity index (χ0) is 10.8. The lowest BCUT2D eigenvalue weighted by Crippen LogP contribution is -2.37. The van der Waals surface area contributed by atoms with Crippen molar-refractivity contribution in [2.24, 2.45) is 11.3 Å². The maximum Gasteiger partial charge on any atom is 0.0591 e. The maximum absolute atomic E-state index is 9.90. The Bertz CT molecular complexity index is 166. The summed E-state index contributed by atoms with van der Waals surface area (Å²) in [4.78, 5) is 0. The second-order valence-electron chi connectivity index (χ2n) is 5.53. The molecule has 14 heavy (non-hydrogen) atoms. The van der Waals surface area contributed by atoms with Crippen molar-refractivity contribution in [3.05, 3.63) is 0 Å². The van der Waals surface area contributed by atoms with Gasteiger partial charge in [-0.1, -0.05) is 20.8 Å². The van der Waals surface area contributed by atoms with Crippen LogP contribution in [0.25, 0.3) is 0 Å². The fourth-order valence-corrected chi connectivity index (χ4v) is 1.91. The molecule has 1 atom stereocenters. The second-order valence-corrected chi connectivity index (χ2v) is 5.53. The van der Waals surface area contributed by atoms with E-state index in [-0.39, 0.29) is 11.5 Å². The molecule has 1 aliphatic rings. The average Bonchev–Trinajstić information content (AvgIpc) is 1.98.